The zero-order valence-electron chi connectivity index (χ0n) is 20.3. The number of methoxy groups -OCH3 is 1. The maximum absolute atomic E-state index is 12.7. The molecule has 0 aromatic carbocycles. The Morgan fingerprint density at radius 2 is 2.03 bits per heavy atom. The number of hydrogen-bond acceptors (Lipinski definition) is 6. The van der Waals surface area contributed by atoms with Crippen LogP contribution in [0.15, 0.2) is 29.3 Å². The van der Waals surface area contributed by atoms with E-state index in [9.17, 15) is 14.4 Å². The molecular formula is C25H33N5O4S. The Morgan fingerprint density at radius 3 is 2.74 bits per heavy atom. The molecule has 2 aliphatic rings. The average molecular weight is 500 g/mol. The number of rotatable bonds is 7. The van der Waals surface area contributed by atoms with Crippen molar-refractivity contribution < 1.29 is 19.1 Å². The summed E-state index contributed by atoms with van der Waals surface area (Å²) in [4.78, 5) is 43.4. The van der Waals surface area contributed by atoms with Crippen molar-refractivity contribution >= 4 is 34.9 Å². The molecule has 2 aromatic rings. The number of hydrogen-bond donors (Lipinski definition) is 2. The number of ether oxygens (including phenoxy) is 1. The first-order chi connectivity index (χ1) is 16.9. The molecule has 188 valence electrons. The number of aromatic nitrogens is 2. The van der Waals surface area contributed by atoms with E-state index in [2.05, 4.69) is 21.7 Å². The molecule has 35 heavy (non-hydrogen) atoms. The summed E-state index contributed by atoms with van der Waals surface area (Å²) < 4.78 is 6.35. The predicted molar refractivity (Wildman–Crippen MR) is 135 cm³/mol. The number of allylic oxidation sites excluding steroid dienone is 1. The number of aryl methyl sites for hydroxylation is 1. The summed E-state index contributed by atoms with van der Waals surface area (Å²) in [6, 6.07) is 1.58. The molecule has 4 rings (SSSR count). The lowest BCUT2D eigenvalue weighted by atomic mass is 9.97. The van der Waals surface area contributed by atoms with E-state index in [4.69, 9.17) is 4.74 Å². The summed E-state index contributed by atoms with van der Waals surface area (Å²) in [5.41, 5.74) is 2.68. The molecule has 2 aromatic heterocycles. The number of likely N-dealkylation sites (tertiary alicyclic amines) is 1. The van der Waals surface area contributed by atoms with Gasteiger partial charge in [0.2, 0.25) is 0 Å². The largest absolute Gasteiger partial charge is 0.464 e. The Kier molecular flexibility index (Phi) is 8.22. The average Bonchev–Trinajstić information content (AvgIpc) is 3.51. The highest BCUT2D eigenvalue weighted by Crippen LogP contribution is 2.30. The van der Waals surface area contributed by atoms with Gasteiger partial charge >= 0.3 is 12.0 Å². The standard InChI is InChI=1S/C25H33N5O4S/c1-29-15-19(14-21(29)24(32)34-2)27-22(31)20-16-35-23(28-20)18-9-12-30(13-10-18)25(33)26-11-8-17-6-4-3-5-7-17/h6,14-16,18H,3-5,7-13H2,1-2H3,(H,26,33)(H,27,31). The minimum atomic E-state index is -0.467. The Morgan fingerprint density at radius 1 is 1.23 bits per heavy atom. The molecule has 2 N–H and O–H groups in total. The van der Waals surface area contributed by atoms with Gasteiger partial charge in [0.25, 0.3) is 5.91 Å². The van der Waals surface area contributed by atoms with Crippen LogP contribution in [-0.4, -0.2) is 59.1 Å². The normalized spacial score (nSPS) is 16.5. The molecule has 9 nitrogen and oxygen atoms in total. The molecule has 0 spiro atoms. The van der Waals surface area contributed by atoms with Crippen molar-refractivity contribution in [3.8, 4) is 0 Å². The number of esters is 1. The number of anilines is 1. The quantitative estimate of drug-likeness (QED) is 0.437. The summed E-state index contributed by atoms with van der Waals surface area (Å²) >= 11 is 1.47. The van der Waals surface area contributed by atoms with Crippen molar-refractivity contribution in [1.29, 1.82) is 0 Å². The van der Waals surface area contributed by atoms with Crippen molar-refractivity contribution in [2.75, 3.05) is 32.1 Å². The highest BCUT2D eigenvalue weighted by Gasteiger charge is 2.26. The summed E-state index contributed by atoms with van der Waals surface area (Å²) in [7, 11) is 3.03. The Hall–Kier alpha value is -3.14. The fourth-order valence-corrected chi connectivity index (χ4v) is 5.59. The highest BCUT2D eigenvalue weighted by molar-refractivity contribution is 7.10. The van der Waals surface area contributed by atoms with E-state index >= 15 is 0 Å². The maximum Gasteiger partial charge on any atom is 0.354 e. The van der Waals surface area contributed by atoms with Gasteiger partial charge in [-0.05, 0) is 51.0 Å². The van der Waals surface area contributed by atoms with Crippen LogP contribution in [0.25, 0.3) is 0 Å². The molecule has 1 fully saturated rings. The molecule has 0 saturated carbocycles. The summed E-state index contributed by atoms with van der Waals surface area (Å²) in [6.45, 7) is 2.05. The highest BCUT2D eigenvalue weighted by atomic mass is 32.1. The van der Waals surface area contributed by atoms with E-state index in [1.165, 1.54) is 43.3 Å². The van der Waals surface area contributed by atoms with Crippen LogP contribution in [0.2, 0.25) is 0 Å². The molecule has 0 unspecified atom stereocenters. The van der Waals surface area contributed by atoms with Crippen LogP contribution in [0.4, 0.5) is 10.5 Å². The van der Waals surface area contributed by atoms with Crippen LogP contribution >= 0.6 is 11.3 Å². The van der Waals surface area contributed by atoms with Gasteiger partial charge in [-0.2, -0.15) is 0 Å². The van der Waals surface area contributed by atoms with E-state index < -0.39 is 5.97 Å². The van der Waals surface area contributed by atoms with E-state index in [0.717, 1.165) is 30.7 Å². The van der Waals surface area contributed by atoms with Crippen molar-refractivity contribution in [1.82, 2.24) is 19.8 Å². The van der Waals surface area contributed by atoms with Gasteiger partial charge in [0.05, 0.1) is 17.8 Å². The van der Waals surface area contributed by atoms with Crippen molar-refractivity contribution in [3.63, 3.8) is 0 Å². The number of carbonyl (C=O) groups is 3. The van der Waals surface area contributed by atoms with E-state index in [-0.39, 0.29) is 17.9 Å². The van der Waals surface area contributed by atoms with Gasteiger partial charge in [-0.25, -0.2) is 14.6 Å². The molecule has 0 radical (unpaired) electrons. The summed E-state index contributed by atoms with van der Waals surface area (Å²) in [5, 5.41) is 8.53. The lowest BCUT2D eigenvalue weighted by molar-refractivity contribution is 0.0589. The molecule has 1 aliphatic carbocycles. The first kappa shape index (κ1) is 25.0. The van der Waals surface area contributed by atoms with Gasteiger partial charge in [0.15, 0.2) is 0 Å². The lowest BCUT2D eigenvalue weighted by Crippen LogP contribution is -2.44. The molecular weight excluding hydrogens is 466 g/mol. The van der Waals surface area contributed by atoms with Gasteiger partial charge in [0.1, 0.15) is 11.4 Å². The minimum Gasteiger partial charge on any atom is -0.464 e. The van der Waals surface area contributed by atoms with E-state index in [1.807, 2.05) is 4.90 Å². The van der Waals surface area contributed by atoms with Crippen LogP contribution in [0.1, 0.15) is 76.8 Å². The monoisotopic (exact) mass is 499 g/mol. The van der Waals surface area contributed by atoms with Crippen LogP contribution in [0.5, 0.6) is 0 Å². The van der Waals surface area contributed by atoms with Gasteiger partial charge in [-0.15, -0.1) is 11.3 Å². The Balaban J connectivity index is 1.24. The van der Waals surface area contributed by atoms with Gasteiger partial charge in [0, 0.05) is 44.2 Å². The van der Waals surface area contributed by atoms with Gasteiger partial charge in [-0.3, -0.25) is 4.79 Å². The fraction of sp³-hybridized carbons (Fsp3) is 0.520. The zero-order valence-corrected chi connectivity index (χ0v) is 21.2. The first-order valence-electron chi connectivity index (χ1n) is 12.2. The van der Waals surface area contributed by atoms with Crippen LogP contribution in [-0.2, 0) is 11.8 Å². The third kappa shape index (κ3) is 6.30. The Bertz CT molecular complexity index is 1100. The molecule has 0 atom stereocenters. The van der Waals surface area contributed by atoms with Crippen molar-refractivity contribution in [3.05, 3.63) is 45.7 Å². The molecule has 3 heterocycles. The smallest absolute Gasteiger partial charge is 0.354 e. The third-order valence-electron chi connectivity index (χ3n) is 6.65. The molecule has 1 saturated heterocycles. The van der Waals surface area contributed by atoms with E-state index in [1.54, 1.807) is 29.3 Å². The SMILES string of the molecule is COC(=O)c1cc(NC(=O)c2csc(C3CCN(C(=O)NCCC4=CCCCC4)CC3)n2)cn1C. The van der Waals surface area contributed by atoms with Gasteiger partial charge in [-0.1, -0.05) is 11.6 Å². The molecule has 3 amide bonds. The number of piperidine rings is 1. The van der Waals surface area contributed by atoms with Crippen LogP contribution < -0.4 is 10.6 Å². The molecule has 1 aliphatic heterocycles. The number of nitrogens with zero attached hydrogens (tertiary/aromatic N) is 3. The second kappa shape index (κ2) is 11.5. The fourth-order valence-electron chi connectivity index (χ4n) is 4.62. The minimum absolute atomic E-state index is 0.00764. The number of urea groups is 1. The lowest BCUT2D eigenvalue weighted by Gasteiger charge is -2.31. The predicted octanol–water partition coefficient (Wildman–Crippen LogP) is 4.30. The van der Waals surface area contributed by atoms with Crippen LogP contribution in [0.3, 0.4) is 0 Å². The second-order valence-electron chi connectivity index (χ2n) is 9.09. The summed E-state index contributed by atoms with van der Waals surface area (Å²) in [5.74, 6) is -0.550. The first-order valence-corrected chi connectivity index (χ1v) is 13.0. The number of nitrogens with one attached hydrogen (secondary N) is 2. The maximum atomic E-state index is 12.7. The number of thiazole rings is 1. The van der Waals surface area contributed by atoms with Crippen molar-refractivity contribution in [2.45, 2.75) is 50.9 Å². The van der Waals surface area contributed by atoms with Crippen LogP contribution in [0, 0.1) is 0 Å². The molecule has 0 bridgehead atoms. The van der Waals surface area contributed by atoms with E-state index in [0.29, 0.717) is 36.7 Å². The number of amides is 3. The Labute approximate surface area is 209 Å². The zero-order chi connectivity index (χ0) is 24.8. The molecule has 10 heteroatoms. The summed E-state index contributed by atoms with van der Waals surface area (Å²) in [6.07, 6.45) is 11.4. The topological polar surface area (TPSA) is 106 Å². The number of carbonyl (C=O) groups excluding carboxylic acids is 3. The third-order valence-corrected chi connectivity index (χ3v) is 7.66. The van der Waals surface area contributed by atoms with Crippen molar-refractivity contribution in [2.24, 2.45) is 7.05 Å². The van der Waals surface area contributed by atoms with Gasteiger partial charge < -0.3 is 24.8 Å². The second-order valence-corrected chi connectivity index (χ2v) is 9.98.